The maximum Gasteiger partial charge on any atom is 0.127 e. The van der Waals surface area contributed by atoms with Crippen LogP contribution >= 0.6 is 11.3 Å². The van der Waals surface area contributed by atoms with Crippen LogP contribution in [0, 0.1) is 5.82 Å². The summed E-state index contributed by atoms with van der Waals surface area (Å²) >= 11 is 1.69. The van der Waals surface area contributed by atoms with Crippen molar-refractivity contribution >= 4 is 11.3 Å². The fraction of sp³-hybridized carbons (Fsp3) is 0.375. The van der Waals surface area contributed by atoms with Crippen LogP contribution in [0.5, 0.6) is 0 Å². The van der Waals surface area contributed by atoms with Gasteiger partial charge < -0.3 is 5.32 Å². The molecule has 0 radical (unpaired) electrons. The van der Waals surface area contributed by atoms with Crippen molar-refractivity contribution in [1.82, 2.24) is 10.2 Å². The van der Waals surface area contributed by atoms with Crippen LogP contribution in [0.4, 0.5) is 4.39 Å². The molecule has 1 aromatic heterocycles. The van der Waals surface area contributed by atoms with Crippen molar-refractivity contribution in [3.05, 3.63) is 57.5 Å². The van der Waals surface area contributed by atoms with Crippen molar-refractivity contribution in [1.29, 1.82) is 0 Å². The molecule has 0 fully saturated rings. The monoisotopic (exact) mass is 292 g/mol. The number of halogens is 1. The maximum atomic E-state index is 13.9. The van der Waals surface area contributed by atoms with Crippen LogP contribution in [0.25, 0.3) is 0 Å². The van der Waals surface area contributed by atoms with Gasteiger partial charge in [0.05, 0.1) is 0 Å². The largest absolute Gasteiger partial charge is 0.313 e. The second kappa shape index (κ2) is 7.53. The van der Waals surface area contributed by atoms with Crippen LogP contribution in [-0.4, -0.2) is 18.5 Å². The molecule has 1 heterocycles. The second-order valence-electron chi connectivity index (χ2n) is 5.01. The summed E-state index contributed by atoms with van der Waals surface area (Å²) in [7, 11) is 2.02. The minimum atomic E-state index is -0.123. The first-order valence-corrected chi connectivity index (χ1v) is 7.81. The number of rotatable bonds is 7. The highest BCUT2D eigenvalue weighted by molar-refractivity contribution is 7.07. The highest BCUT2D eigenvalue weighted by Gasteiger charge is 2.08. The van der Waals surface area contributed by atoms with E-state index in [9.17, 15) is 4.39 Å². The van der Waals surface area contributed by atoms with Crippen molar-refractivity contribution in [3.63, 3.8) is 0 Å². The molecule has 0 unspecified atom stereocenters. The Bertz CT molecular complexity index is 525. The minimum Gasteiger partial charge on any atom is -0.313 e. The molecular formula is C16H21FN2S. The van der Waals surface area contributed by atoms with Crippen LogP contribution in [0.2, 0.25) is 0 Å². The standard InChI is InChI=1S/C16H21FN2S/c1-3-18-9-13-4-5-16(17)15(8-13)11-19(2)10-14-6-7-20-12-14/h4-8,12,18H,3,9-11H2,1-2H3. The quantitative estimate of drug-likeness (QED) is 0.838. The second-order valence-corrected chi connectivity index (χ2v) is 5.79. The van der Waals surface area contributed by atoms with Crippen LogP contribution in [0.1, 0.15) is 23.6 Å². The summed E-state index contributed by atoms with van der Waals surface area (Å²) in [5.74, 6) is -0.123. The van der Waals surface area contributed by atoms with Gasteiger partial charge in [-0.3, -0.25) is 4.90 Å². The molecule has 20 heavy (non-hydrogen) atoms. The molecule has 2 nitrogen and oxygen atoms in total. The lowest BCUT2D eigenvalue weighted by atomic mass is 10.1. The van der Waals surface area contributed by atoms with E-state index in [0.717, 1.165) is 30.8 Å². The van der Waals surface area contributed by atoms with Gasteiger partial charge in [0.1, 0.15) is 5.82 Å². The summed E-state index contributed by atoms with van der Waals surface area (Å²) in [6, 6.07) is 7.49. The topological polar surface area (TPSA) is 15.3 Å². The Balaban J connectivity index is 2.00. The number of thiophene rings is 1. The molecule has 0 amide bonds. The number of nitrogens with one attached hydrogen (secondary N) is 1. The van der Waals surface area contributed by atoms with E-state index < -0.39 is 0 Å². The van der Waals surface area contributed by atoms with E-state index >= 15 is 0 Å². The average molecular weight is 292 g/mol. The fourth-order valence-electron chi connectivity index (χ4n) is 2.17. The molecule has 0 aliphatic heterocycles. The first-order chi connectivity index (χ1) is 9.69. The molecule has 108 valence electrons. The number of hydrogen-bond acceptors (Lipinski definition) is 3. The van der Waals surface area contributed by atoms with Gasteiger partial charge in [-0.25, -0.2) is 4.39 Å². The van der Waals surface area contributed by atoms with Crippen molar-refractivity contribution < 1.29 is 4.39 Å². The van der Waals surface area contributed by atoms with Gasteiger partial charge in [-0.2, -0.15) is 11.3 Å². The van der Waals surface area contributed by atoms with Crippen molar-refractivity contribution in [2.45, 2.75) is 26.6 Å². The van der Waals surface area contributed by atoms with Gasteiger partial charge in [0.15, 0.2) is 0 Å². The summed E-state index contributed by atoms with van der Waals surface area (Å²) in [4.78, 5) is 2.14. The van der Waals surface area contributed by atoms with Gasteiger partial charge in [0, 0.05) is 25.2 Å². The molecule has 1 N–H and O–H groups in total. The van der Waals surface area contributed by atoms with Gasteiger partial charge >= 0.3 is 0 Å². The summed E-state index contributed by atoms with van der Waals surface area (Å²) in [6.07, 6.45) is 0. The summed E-state index contributed by atoms with van der Waals surface area (Å²) < 4.78 is 13.9. The molecule has 0 saturated heterocycles. The third-order valence-corrected chi connectivity index (χ3v) is 3.89. The molecule has 0 aliphatic rings. The molecule has 2 aromatic rings. The number of benzene rings is 1. The summed E-state index contributed by atoms with van der Waals surface area (Å²) in [6.45, 7) is 5.25. The molecule has 4 heteroatoms. The van der Waals surface area contributed by atoms with Crippen molar-refractivity contribution in [2.75, 3.05) is 13.6 Å². The Morgan fingerprint density at radius 1 is 1.20 bits per heavy atom. The lowest BCUT2D eigenvalue weighted by Crippen LogP contribution is -2.18. The van der Waals surface area contributed by atoms with Gasteiger partial charge in [0.2, 0.25) is 0 Å². The third kappa shape index (κ3) is 4.40. The molecule has 0 saturated carbocycles. The summed E-state index contributed by atoms with van der Waals surface area (Å²) in [5.41, 5.74) is 3.17. The lowest BCUT2D eigenvalue weighted by Gasteiger charge is -2.17. The molecule has 0 aliphatic carbocycles. The third-order valence-electron chi connectivity index (χ3n) is 3.16. The Morgan fingerprint density at radius 3 is 2.75 bits per heavy atom. The zero-order valence-electron chi connectivity index (χ0n) is 12.0. The van der Waals surface area contributed by atoms with Crippen LogP contribution < -0.4 is 5.32 Å². The van der Waals surface area contributed by atoms with Crippen LogP contribution in [0.15, 0.2) is 35.0 Å². The predicted molar refractivity (Wildman–Crippen MR) is 83.3 cm³/mol. The fourth-order valence-corrected chi connectivity index (χ4v) is 2.83. The smallest absolute Gasteiger partial charge is 0.127 e. The Morgan fingerprint density at radius 2 is 2.05 bits per heavy atom. The maximum absolute atomic E-state index is 13.9. The predicted octanol–water partition coefficient (Wildman–Crippen LogP) is 3.63. The molecular weight excluding hydrogens is 271 g/mol. The van der Waals surface area contributed by atoms with E-state index in [1.54, 1.807) is 17.4 Å². The Labute approximate surface area is 124 Å². The Kier molecular flexibility index (Phi) is 5.71. The van der Waals surface area contributed by atoms with E-state index in [4.69, 9.17) is 0 Å². The van der Waals surface area contributed by atoms with E-state index in [1.807, 2.05) is 19.2 Å². The summed E-state index contributed by atoms with van der Waals surface area (Å²) in [5, 5.41) is 7.47. The van der Waals surface area contributed by atoms with Gasteiger partial charge in [-0.1, -0.05) is 19.1 Å². The van der Waals surface area contributed by atoms with Crippen molar-refractivity contribution in [2.24, 2.45) is 0 Å². The van der Waals surface area contributed by atoms with Gasteiger partial charge in [-0.05, 0) is 47.6 Å². The molecule has 0 bridgehead atoms. The lowest BCUT2D eigenvalue weighted by molar-refractivity contribution is 0.314. The highest BCUT2D eigenvalue weighted by Crippen LogP contribution is 2.15. The van der Waals surface area contributed by atoms with Gasteiger partial charge in [0.25, 0.3) is 0 Å². The van der Waals surface area contributed by atoms with E-state index in [0.29, 0.717) is 6.54 Å². The zero-order chi connectivity index (χ0) is 14.4. The molecule has 2 rings (SSSR count). The average Bonchev–Trinajstić information content (AvgIpc) is 2.92. The SMILES string of the molecule is CCNCc1ccc(F)c(CN(C)Cc2ccsc2)c1. The first-order valence-electron chi connectivity index (χ1n) is 6.86. The number of hydrogen-bond donors (Lipinski definition) is 1. The van der Waals surface area contributed by atoms with E-state index in [1.165, 1.54) is 5.56 Å². The first kappa shape index (κ1) is 15.2. The van der Waals surface area contributed by atoms with E-state index in [2.05, 4.69) is 34.0 Å². The van der Waals surface area contributed by atoms with Gasteiger partial charge in [-0.15, -0.1) is 0 Å². The van der Waals surface area contributed by atoms with Crippen molar-refractivity contribution in [3.8, 4) is 0 Å². The molecule has 0 spiro atoms. The van der Waals surface area contributed by atoms with Crippen LogP contribution in [0.3, 0.4) is 0 Å². The molecule has 0 atom stereocenters. The molecule has 1 aromatic carbocycles. The van der Waals surface area contributed by atoms with Crippen LogP contribution in [-0.2, 0) is 19.6 Å². The normalized spacial score (nSPS) is 11.2. The zero-order valence-corrected chi connectivity index (χ0v) is 12.8. The number of nitrogens with zero attached hydrogens (tertiary/aromatic N) is 1. The van der Waals surface area contributed by atoms with E-state index in [-0.39, 0.29) is 5.82 Å². The highest BCUT2D eigenvalue weighted by atomic mass is 32.1. The Hall–Kier alpha value is -1.23. The minimum absolute atomic E-state index is 0.123.